The molecule has 0 unspecified atom stereocenters. The smallest absolute Gasteiger partial charge is 0.166 e. The van der Waals surface area contributed by atoms with E-state index in [0.717, 1.165) is 18.4 Å². The molecule has 4 heteroatoms. The molecule has 0 aromatic heterocycles. The third-order valence-electron chi connectivity index (χ3n) is 3.15. The molecule has 2 nitrogen and oxygen atoms in total. The first-order chi connectivity index (χ1) is 7.60. The second-order valence-corrected chi connectivity index (χ2v) is 5.33. The lowest BCUT2D eigenvalue weighted by Crippen LogP contribution is -2.11. The number of aliphatic hydroxyl groups excluding tert-OH is 1. The molecule has 1 saturated carbocycles. The summed E-state index contributed by atoms with van der Waals surface area (Å²) in [6, 6.07) is 3.25. The summed E-state index contributed by atoms with van der Waals surface area (Å²) < 4.78 is 19.4. The van der Waals surface area contributed by atoms with Crippen LogP contribution in [0.2, 0.25) is 0 Å². The Balaban J connectivity index is 2.31. The van der Waals surface area contributed by atoms with E-state index in [1.807, 2.05) is 6.07 Å². The van der Waals surface area contributed by atoms with Gasteiger partial charge in [-0.3, -0.25) is 0 Å². The summed E-state index contributed by atoms with van der Waals surface area (Å²) >= 11 is 3.27. The molecule has 0 bridgehead atoms. The molecule has 0 saturated heterocycles. The van der Waals surface area contributed by atoms with E-state index in [9.17, 15) is 9.50 Å². The van der Waals surface area contributed by atoms with Crippen molar-refractivity contribution in [2.24, 2.45) is 5.41 Å². The third kappa shape index (κ3) is 2.23. The van der Waals surface area contributed by atoms with Gasteiger partial charge in [0.05, 0.1) is 7.11 Å². The monoisotopic (exact) mass is 288 g/mol. The van der Waals surface area contributed by atoms with Crippen LogP contribution < -0.4 is 4.74 Å². The van der Waals surface area contributed by atoms with Gasteiger partial charge in [-0.1, -0.05) is 15.9 Å². The Morgan fingerprint density at radius 1 is 1.50 bits per heavy atom. The number of hydrogen-bond donors (Lipinski definition) is 1. The Morgan fingerprint density at radius 2 is 2.19 bits per heavy atom. The van der Waals surface area contributed by atoms with Crippen molar-refractivity contribution in [2.75, 3.05) is 13.7 Å². The van der Waals surface area contributed by atoms with E-state index in [2.05, 4.69) is 15.9 Å². The van der Waals surface area contributed by atoms with Gasteiger partial charge in [0.1, 0.15) is 0 Å². The molecule has 0 aliphatic heterocycles. The molecule has 0 atom stereocenters. The van der Waals surface area contributed by atoms with E-state index in [4.69, 9.17) is 4.74 Å². The maximum absolute atomic E-state index is 13.6. The maximum Gasteiger partial charge on any atom is 0.166 e. The van der Waals surface area contributed by atoms with Crippen molar-refractivity contribution in [2.45, 2.75) is 19.3 Å². The minimum absolute atomic E-state index is 0.0412. The molecular formula is C12H14BrFO2. The zero-order valence-corrected chi connectivity index (χ0v) is 10.7. The van der Waals surface area contributed by atoms with Gasteiger partial charge in [-0.2, -0.15) is 0 Å². The van der Waals surface area contributed by atoms with Crippen molar-refractivity contribution in [3.63, 3.8) is 0 Å². The fourth-order valence-electron chi connectivity index (χ4n) is 1.95. The number of aliphatic hydroxyl groups is 1. The zero-order chi connectivity index (χ0) is 11.8. The van der Waals surface area contributed by atoms with Gasteiger partial charge in [0, 0.05) is 11.1 Å². The van der Waals surface area contributed by atoms with E-state index >= 15 is 0 Å². The van der Waals surface area contributed by atoms with E-state index < -0.39 is 0 Å². The second-order valence-electron chi connectivity index (χ2n) is 4.41. The largest absolute Gasteiger partial charge is 0.493 e. The number of ether oxygens (including phenoxy) is 1. The first-order valence-electron chi connectivity index (χ1n) is 5.23. The van der Waals surface area contributed by atoms with Gasteiger partial charge < -0.3 is 9.84 Å². The van der Waals surface area contributed by atoms with Crippen LogP contribution in [-0.2, 0) is 6.42 Å². The number of benzene rings is 1. The van der Waals surface area contributed by atoms with E-state index in [0.29, 0.717) is 16.6 Å². The number of hydrogen-bond acceptors (Lipinski definition) is 2. The highest BCUT2D eigenvalue weighted by Crippen LogP contribution is 2.49. The summed E-state index contributed by atoms with van der Waals surface area (Å²) in [5.74, 6) is -0.0662. The van der Waals surface area contributed by atoms with Gasteiger partial charge in [0.15, 0.2) is 11.6 Å². The lowest BCUT2D eigenvalue weighted by Gasteiger charge is -2.15. The summed E-state index contributed by atoms with van der Waals surface area (Å²) in [6.07, 6.45) is 2.67. The van der Waals surface area contributed by atoms with Crippen molar-refractivity contribution in [1.29, 1.82) is 0 Å². The van der Waals surface area contributed by atoms with Crippen molar-refractivity contribution >= 4 is 15.9 Å². The molecule has 0 spiro atoms. The Labute approximate surface area is 103 Å². The van der Waals surface area contributed by atoms with E-state index in [1.165, 1.54) is 13.2 Å². The van der Waals surface area contributed by atoms with Crippen molar-refractivity contribution in [1.82, 2.24) is 0 Å². The Hall–Kier alpha value is -0.610. The number of methoxy groups -OCH3 is 1. The summed E-state index contributed by atoms with van der Waals surface area (Å²) in [6.45, 7) is 0.157. The number of rotatable bonds is 4. The molecule has 1 aliphatic rings. The van der Waals surface area contributed by atoms with Crippen molar-refractivity contribution < 1.29 is 14.2 Å². The second kappa shape index (κ2) is 4.34. The van der Waals surface area contributed by atoms with Crippen molar-refractivity contribution in [3.8, 4) is 5.75 Å². The van der Waals surface area contributed by atoms with Gasteiger partial charge in [-0.05, 0) is 42.4 Å². The Morgan fingerprint density at radius 3 is 2.69 bits per heavy atom. The Kier molecular flexibility index (Phi) is 3.22. The van der Waals surface area contributed by atoms with Crippen LogP contribution in [0.25, 0.3) is 0 Å². The molecule has 0 radical (unpaired) electrons. The van der Waals surface area contributed by atoms with E-state index in [1.54, 1.807) is 0 Å². The Bertz CT molecular complexity index is 402. The highest BCUT2D eigenvalue weighted by atomic mass is 79.9. The minimum atomic E-state index is -0.361. The van der Waals surface area contributed by atoms with Crippen LogP contribution in [0.15, 0.2) is 16.6 Å². The lowest BCUT2D eigenvalue weighted by atomic mass is 9.96. The van der Waals surface area contributed by atoms with Crippen LogP contribution in [0.4, 0.5) is 4.39 Å². The predicted octanol–water partition coefficient (Wildman–Crippen LogP) is 2.91. The average Bonchev–Trinajstić information content (AvgIpc) is 2.98. The molecule has 0 amide bonds. The topological polar surface area (TPSA) is 29.5 Å². The minimum Gasteiger partial charge on any atom is -0.493 e. The third-order valence-corrected chi connectivity index (χ3v) is 3.61. The standard InChI is InChI=1S/C12H14BrFO2/c1-16-11-8(4-9(13)5-10(11)14)6-12(7-15)2-3-12/h4-5,15H,2-3,6-7H2,1H3. The molecular weight excluding hydrogens is 275 g/mol. The molecule has 1 aromatic rings. The van der Waals surface area contributed by atoms with Crippen LogP contribution in [0, 0.1) is 11.2 Å². The van der Waals surface area contributed by atoms with Crippen LogP contribution in [-0.4, -0.2) is 18.8 Å². The molecule has 2 rings (SSSR count). The van der Waals surface area contributed by atoms with Gasteiger partial charge in [-0.25, -0.2) is 4.39 Å². The predicted molar refractivity (Wildman–Crippen MR) is 63.1 cm³/mol. The van der Waals surface area contributed by atoms with Gasteiger partial charge in [-0.15, -0.1) is 0 Å². The van der Waals surface area contributed by atoms with Crippen molar-refractivity contribution in [3.05, 3.63) is 28.0 Å². The lowest BCUT2D eigenvalue weighted by molar-refractivity contribution is 0.210. The molecule has 1 aliphatic carbocycles. The summed E-state index contributed by atoms with van der Waals surface area (Å²) in [4.78, 5) is 0. The molecule has 16 heavy (non-hydrogen) atoms. The summed E-state index contributed by atoms with van der Waals surface area (Å²) in [5, 5.41) is 9.27. The molecule has 1 aromatic carbocycles. The molecule has 1 N–H and O–H groups in total. The fraction of sp³-hybridized carbons (Fsp3) is 0.500. The van der Waals surface area contributed by atoms with Gasteiger partial charge >= 0.3 is 0 Å². The maximum atomic E-state index is 13.6. The first kappa shape index (κ1) is 11.9. The summed E-state index contributed by atoms with van der Waals surface area (Å²) in [5.41, 5.74) is 0.779. The summed E-state index contributed by atoms with van der Waals surface area (Å²) in [7, 11) is 1.47. The normalized spacial score (nSPS) is 17.2. The van der Waals surface area contributed by atoms with Gasteiger partial charge in [0.2, 0.25) is 0 Å². The molecule has 0 heterocycles. The SMILES string of the molecule is COc1c(F)cc(Br)cc1CC1(CO)CC1. The molecule has 88 valence electrons. The first-order valence-corrected chi connectivity index (χ1v) is 6.02. The van der Waals surface area contributed by atoms with Crippen LogP contribution in [0.5, 0.6) is 5.75 Å². The number of halogens is 2. The highest BCUT2D eigenvalue weighted by molar-refractivity contribution is 9.10. The zero-order valence-electron chi connectivity index (χ0n) is 9.09. The van der Waals surface area contributed by atoms with Crippen LogP contribution >= 0.6 is 15.9 Å². The quantitative estimate of drug-likeness (QED) is 0.923. The molecule has 1 fully saturated rings. The highest BCUT2D eigenvalue weighted by Gasteiger charge is 2.42. The van der Waals surface area contributed by atoms with Crippen LogP contribution in [0.3, 0.4) is 0 Å². The van der Waals surface area contributed by atoms with Gasteiger partial charge in [0.25, 0.3) is 0 Å². The van der Waals surface area contributed by atoms with E-state index in [-0.39, 0.29) is 17.8 Å². The fourth-order valence-corrected chi connectivity index (χ4v) is 2.42. The average molecular weight is 289 g/mol. The van der Waals surface area contributed by atoms with Crippen LogP contribution in [0.1, 0.15) is 18.4 Å².